The molecule has 1 N–H and O–H groups in total. The lowest BCUT2D eigenvalue weighted by Gasteiger charge is -2.27. The van der Waals surface area contributed by atoms with E-state index in [1.807, 2.05) is 20.0 Å². The molecule has 3 heteroatoms. The number of hydrogen-bond acceptors (Lipinski definition) is 2. The van der Waals surface area contributed by atoms with Crippen LogP contribution in [0.5, 0.6) is 0 Å². The van der Waals surface area contributed by atoms with Gasteiger partial charge in [0.2, 0.25) is 0 Å². The lowest BCUT2D eigenvalue weighted by molar-refractivity contribution is 0.414. The number of hydrogen-bond donors (Lipinski definition) is 1. The number of rotatable bonds is 8. The third-order valence-corrected chi connectivity index (χ3v) is 2.84. The van der Waals surface area contributed by atoms with Crippen LogP contribution in [-0.4, -0.2) is 38.8 Å². The van der Waals surface area contributed by atoms with Gasteiger partial charge in [-0.25, -0.2) is 4.39 Å². The monoisotopic (exact) mass is 254 g/mol. The van der Waals surface area contributed by atoms with Gasteiger partial charge in [0.15, 0.2) is 0 Å². The van der Waals surface area contributed by atoms with Gasteiger partial charge in [-0.1, -0.05) is 31.2 Å². The molecule has 0 fully saturated rings. The quantitative estimate of drug-likeness (QED) is 0.669. The van der Waals surface area contributed by atoms with Crippen molar-refractivity contribution in [3.63, 3.8) is 0 Å². The molecule has 0 bridgehead atoms. The van der Waals surface area contributed by atoms with Crippen molar-refractivity contribution >= 4 is 0 Å². The summed E-state index contributed by atoms with van der Waals surface area (Å²) in [6.45, 7) is 7.57. The van der Waals surface area contributed by atoms with Crippen LogP contribution >= 0.6 is 0 Å². The van der Waals surface area contributed by atoms with Crippen molar-refractivity contribution in [1.29, 1.82) is 0 Å². The minimum Gasteiger partial charge on any atom is -0.374 e. The van der Waals surface area contributed by atoms with E-state index in [1.54, 1.807) is 6.08 Å². The molecule has 1 atom stereocenters. The van der Waals surface area contributed by atoms with Crippen molar-refractivity contribution in [2.24, 2.45) is 5.92 Å². The third-order valence-electron chi connectivity index (χ3n) is 2.84. The minimum absolute atomic E-state index is 0.368. The number of halogens is 1. The maximum Gasteiger partial charge on any atom is 0.108 e. The van der Waals surface area contributed by atoms with E-state index in [9.17, 15) is 4.39 Å². The standard InChI is InChI=1S/C15H27FN2/c1-6-9-13(2)15(14(3)12-17-4)18(5)11-8-7-10-16/h6-9,13,17H,10-12H2,1-5H3/b8-7-,9-6-,15-14+. The zero-order chi connectivity index (χ0) is 14.0. The van der Waals surface area contributed by atoms with Crippen LogP contribution in [0, 0.1) is 5.92 Å². The lowest BCUT2D eigenvalue weighted by Crippen LogP contribution is -2.25. The molecule has 0 aromatic heterocycles. The molecule has 0 aromatic rings. The molecule has 0 radical (unpaired) electrons. The highest BCUT2D eigenvalue weighted by atomic mass is 19.1. The summed E-state index contributed by atoms with van der Waals surface area (Å²) in [4.78, 5) is 2.18. The van der Waals surface area contributed by atoms with Crippen LogP contribution in [0.2, 0.25) is 0 Å². The summed E-state index contributed by atoms with van der Waals surface area (Å²) >= 11 is 0. The lowest BCUT2D eigenvalue weighted by atomic mass is 10.0. The number of likely N-dealkylation sites (N-methyl/N-ethyl adjacent to an activating group) is 2. The second-order valence-electron chi connectivity index (χ2n) is 4.52. The summed E-state index contributed by atoms with van der Waals surface area (Å²) in [6, 6.07) is 0. The van der Waals surface area contributed by atoms with Crippen molar-refractivity contribution in [3.8, 4) is 0 Å². The highest BCUT2D eigenvalue weighted by molar-refractivity contribution is 5.19. The Hall–Kier alpha value is -1.09. The highest BCUT2D eigenvalue weighted by Crippen LogP contribution is 2.20. The first-order valence-electron chi connectivity index (χ1n) is 6.47. The van der Waals surface area contributed by atoms with E-state index in [4.69, 9.17) is 0 Å². The van der Waals surface area contributed by atoms with Crippen LogP contribution in [0.25, 0.3) is 0 Å². The Kier molecular flexibility index (Phi) is 9.29. The Labute approximate surface area is 111 Å². The second kappa shape index (κ2) is 9.89. The molecule has 0 aliphatic carbocycles. The van der Waals surface area contributed by atoms with Crippen molar-refractivity contribution in [1.82, 2.24) is 10.2 Å². The minimum atomic E-state index is -0.396. The van der Waals surface area contributed by atoms with E-state index in [-0.39, 0.29) is 0 Å². The van der Waals surface area contributed by atoms with E-state index < -0.39 is 6.67 Å². The number of nitrogens with zero attached hydrogens (tertiary/aromatic N) is 1. The molecule has 0 aliphatic heterocycles. The van der Waals surface area contributed by atoms with Gasteiger partial charge < -0.3 is 10.2 Å². The van der Waals surface area contributed by atoms with E-state index in [0.717, 1.165) is 13.1 Å². The topological polar surface area (TPSA) is 15.3 Å². The normalized spacial score (nSPS) is 15.2. The van der Waals surface area contributed by atoms with Crippen LogP contribution in [-0.2, 0) is 0 Å². The van der Waals surface area contributed by atoms with Gasteiger partial charge in [-0.15, -0.1) is 0 Å². The van der Waals surface area contributed by atoms with Crippen molar-refractivity contribution in [2.45, 2.75) is 20.8 Å². The predicted molar refractivity (Wildman–Crippen MR) is 78.3 cm³/mol. The maximum atomic E-state index is 12.1. The summed E-state index contributed by atoms with van der Waals surface area (Å²) < 4.78 is 12.1. The van der Waals surface area contributed by atoms with Crippen LogP contribution in [0.4, 0.5) is 4.39 Å². The number of alkyl halides is 1. The number of nitrogens with one attached hydrogen (secondary N) is 1. The van der Waals surface area contributed by atoms with Crippen LogP contribution in [0.15, 0.2) is 35.6 Å². The predicted octanol–water partition coefficient (Wildman–Crippen LogP) is 3.15. The second-order valence-corrected chi connectivity index (χ2v) is 4.52. The van der Waals surface area contributed by atoms with Crippen LogP contribution < -0.4 is 5.32 Å². The van der Waals surface area contributed by atoms with E-state index in [0.29, 0.717) is 5.92 Å². The molecule has 0 amide bonds. The molecule has 1 unspecified atom stereocenters. The fourth-order valence-electron chi connectivity index (χ4n) is 2.19. The smallest absolute Gasteiger partial charge is 0.108 e. The van der Waals surface area contributed by atoms with Gasteiger partial charge in [0.05, 0.1) is 0 Å². The summed E-state index contributed by atoms with van der Waals surface area (Å²) in [6.07, 6.45) is 7.68. The third kappa shape index (κ3) is 6.01. The molecule has 0 heterocycles. The van der Waals surface area contributed by atoms with Gasteiger partial charge in [0.1, 0.15) is 6.67 Å². The molecule has 104 valence electrons. The summed E-state index contributed by atoms with van der Waals surface area (Å²) in [5.74, 6) is 0.368. The van der Waals surface area contributed by atoms with Gasteiger partial charge >= 0.3 is 0 Å². The van der Waals surface area contributed by atoms with E-state index >= 15 is 0 Å². The van der Waals surface area contributed by atoms with E-state index in [1.165, 1.54) is 11.3 Å². The maximum absolute atomic E-state index is 12.1. The first-order valence-corrected chi connectivity index (χ1v) is 6.47. The SMILES string of the molecule is C/C=C\C(C)/C(=C(/C)CNC)N(C)C/C=C\CF. The average molecular weight is 254 g/mol. The number of allylic oxidation sites excluding steroid dienone is 3. The molecule has 0 aliphatic rings. The molecular formula is C15H27FN2. The molecule has 2 nitrogen and oxygen atoms in total. The first-order chi connectivity index (χ1) is 8.58. The molecule has 0 saturated heterocycles. The van der Waals surface area contributed by atoms with Crippen molar-refractivity contribution in [2.75, 3.05) is 33.9 Å². The van der Waals surface area contributed by atoms with Crippen LogP contribution in [0.3, 0.4) is 0 Å². The summed E-state index contributed by atoms with van der Waals surface area (Å²) in [5.41, 5.74) is 2.62. The summed E-state index contributed by atoms with van der Waals surface area (Å²) in [7, 11) is 4.00. The first kappa shape index (κ1) is 16.9. The Morgan fingerprint density at radius 1 is 1.39 bits per heavy atom. The van der Waals surface area contributed by atoms with Gasteiger partial charge in [-0.3, -0.25) is 0 Å². The average Bonchev–Trinajstić information content (AvgIpc) is 2.30. The Morgan fingerprint density at radius 2 is 2.06 bits per heavy atom. The van der Waals surface area contributed by atoms with Gasteiger partial charge in [-0.2, -0.15) is 0 Å². The highest BCUT2D eigenvalue weighted by Gasteiger charge is 2.12. The zero-order valence-corrected chi connectivity index (χ0v) is 12.3. The summed E-state index contributed by atoms with van der Waals surface area (Å²) in [5, 5.41) is 3.18. The van der Waals surface area contributed by atoms with Crippen molar-refractivity contribution in [3.05, 3.63) is 35.6 Å². The Bertz CT molecular complexity index is 306. The molecule has 18 heavy (non-hydrogen) atoms. The molecule has 0 saturated carbocycles. The molecule has 0 spiro atoms. The van der Waals surface area contributed by atoms with Crippen LogP contribution in [0.1, 0.15) is 20.8 Å². The Morgan fingerprint density at radius 3 is 2.56 bits per heavy atom. The molecule has 0 aromatic carbocycles. The van der Waals surface area contributed by atoms with E-state index in [2.05, 4.69) is 43.3 Å². The largest absolute Gasteiger partial charge is 0.374 e. The molecular weight excluding hydrogens is 227 g/mol. The molecule has 0 rings (SSSR count). The van der Waals surface area contributed by atoms with Gasteiger partial charge in [-0.05, 0) is 26.5 Å². The fourth-order valence-corrected chi connectivity index (χ4v) is 2.19. The fraction of sp³-hybridized carbons (Fsp3) is 0.600. The van der Waals surface area contributed by atoms with Crippen molar-refractivity contribution < 1.29 is 4.39 Å². The van der Waals surface area contributed by atoms with Gasteiger partial charge in [0.25, 0.3) is 0 Å². The van der Waals surface area contributed by atoms with Gasteiger partial charge in [0, 0.05) is 31.8 Å². The zero-order valence-electron chi connectivity index (χ0n) is 12.3. The Balaban J connectivity index is 4.96.